The summed E-state index contributed by atoms with van der Waals surface area (Å²) in [5.74, 6) is -1.30. The molecule has 1 saturated carbocycles. The van der Waals surface area contributed by atoms with Crippen LogP contribution in [0.2, 0.25) is 0 Å². The first-order valence-corrected chi connectivity index (χ1v) is 7.57. The van der Waals surface area contributed by atoms with E-state index in [2.05, 4.69) is 24.5 Å². The van der Waals surface area contributed by atoms with Gasteiger partial charge in [-0.3, -0.25) is 4.79 Å². The summed E-state index contributed by atoms with van der Waals surface area (Å²) in [5, 5.41) is 6.90. The Morgan fingerprint density at radius 2 is 1.86 bits per heavy atom. The van der Waals surface area contributed by atoms with Gasteiger partial charge in [-0.15, -0.1) is 0 Å². The number of halogens is 1. The first kappa shape index (κ1) is 15.8. The molecule has 4 N–H and O–H groups in total. The molecule has 0 aliphatic heterocycles. The van der Waals surface area contributed by atoms with Crippen molar-refractivity contribution in [2.24, 2.45) is 5.73 Å². The van der Waals surface area contributed by atoms with Gasteiger partial charge < -0.3 is 16.4 Å². The second-order valence-corrected chi connectivity index (χ2v) is 6.07. The molecule has 1 aromatic rings. The number of nitrogens with one attached hydrogen (secondary N) is 2. The molecule has 116 valence electrons. The molecular weight excluding hydrogens is 269 g/mol. The Labute approximate surface area is 125 Å². The summed E-state index contributed by atoms with van der Waals surface area (Å²) in [4.78, 5) is 11.0. The topological polar surface area (TPSA) is 67.2 Å². The fraction of sp³-hybridized carbons (Fsp3) is 0.562. The number of anilines is 1. The van der Waals surface area contributed by atoms with Crippen LogP contribution in [-0.4, -0.2) is 24.0 Å². The number of amides is 1. The SMILES string of the molecule is CC(C)N[C@H]1CC[C@H](Nc2ccc(C(N)=O)c(F)c2)CC1. The number of hydrogen-bond acceptors (Lipinski definition) is 3. The number of rotatable bonds is 5. The van der Waals surface area contributed by atoms with Gasteiger partial charge >= 0.3 is 0 Å². The normalized spacial score (nSPS) is 22.3. The predicted molar refractivity (Wildman–Crippen MR) is 82.9 cm³/mol. The van der Waals surface area contributed by atoms with Crippen LogP contribution >= 0.6 is 0 Å². The van der Waals surface area contributed by atoms with E-state index in [0.717, 1.165) is 25.7 Å². The van der Waals surface area contributed by atoms with Crippen LogP contribution < -0.4 is 16.4 Å². The van der Waals surface area contributed by atoms with Gasteiger partial charge in [-0.2, -0.15) is 0 Å². The highest BCUT2D eigenvalue weighted by Gasteiger charge is 2.21. The Hall–Kier alpha value is -1.62. The second-order valence-electron chi connectivity index (χ2n) is 6.07. The summed E-state index contributed by atoms with van der Waals surface area (Å²) in [5.41, 5.74) is 5.74. The highest BCUT2D eigenvalue weighted by molar-refractivity contribution is 5.93. The van der Waals surface area contributed by atoms with Crippen LogP contribution in [0.4, 0.5) is 10.1 Å². The molecule has 4 nitrogen and oxygen atoms in total. The molecule has 0 spiro atoms. The minimum absolute atomic E-state index is 0.0645. The number of carbonyl (C=O) groups excluding carboxylic acids is 1. The first-order valence-electron chi connectivity index (χ1n) is 7.57. The van der Waals surface area contributed by atoms with Crippen LogP contribution in [0.15, 0.2) is 18.2 Å². The molecule has 5 heteroatoms. The largest absolute Gasteiger partial charge is 0.382 e. The van der Waals surface area contributed by atoms with E-state index < -0.39 is 11.7 Å². The van der Waals surface area contributed by atoms with Crippen molar-refractivity contribution in [3.8, 4) is 0 Å². The van der Waals surface area contributed by atoms with Crippen LogP contribution in [-0.2, 0) is 0 Å². The van der Waals surface area contributed by atoms with E-state index in [1.807, 2.05) is 0 Å². The minimum Gasteiger partial charge on any atom is -0.382 e. The van der Waals surface area contributed by atoms with Gasteiger partial charge in [-0.25, -0.2) is 4.39 Å². The molecule has 1 aliphatic rings. The van der Waals surface area contributed by atoms with Crippen molar-refractivity contribution in [3.05, 3.63) is 29.6 Å². The Kier molecular flexibility index (Phi) is 5.17. The fourth-order valence-corrected chi connectivity index (χ4v) is 2.92. The third-order valence-corrected chi connectivity index (χ3v) is 3.90. The van der Waals surface area contributed by atoms with Crippen molar-refractivity contribution < 1.29 is 9.18 Å². The number of carbonyl (C=O) groups is 1. The molecule has 0 heterocycles. The average molecular weight is 293 g/mol. The quantitative estimate of drug-likeness (QED) is 0.782. The highest BCUT2D eigenvalue weighted by atomic mass is 19.1. The standard InChI is InChI=1S/C16H24FN3O/c1-10(2)19-11-3-5-12(6-4-11)20-13-7-8-14(16(18)21)15(17)9-13/h7-12,19-20H,3-6H2,1-2H3,(H2,18,21)/t11-,12-. The number of hydrogen-bond donors (Lipinski definition) is 3. The summed E-state index contributed by atoms with van der Waals surface area (Å²) in [6, 6.07) is 5.94. The van der Waals surface area contributed by atoms with E-state index in [0.29, 0.717) is 23.8 Å². The van der Waals surface area contributed by atoms with E-state index in [4.69, 9.17) is 5.73 Å². The molecule has 1 aromatic carbocycles. The highest BCUT2D eigenvalue weighted by Crippen LogP contribution is 2.23. The maximum Gasteiger partial charge on any atom is 0.251 e. The van der Waals surface area contributed by atoms with Gasteiger partial charge in [0.05, 0.1) is 5.56 Å². The van der Waals surface area contributed by atoms with Crippen molar-refractivity contribution in [1.82, 2.24) is 5.32 Å². The maximum absolute atomic E-state index is 13.7. The molecule has 1 amide bonds. The van der Waals surface area contributed by atoms with Crippen LogP contribution in [0.1, 0.15) is 49.9 Å². The van der Waals surface area contributed by atoms with E-state index >= 15 is 0 Å². The molecule has 0 atom stereocenters. The lowest BCUT2D eigenvalue weighted by Crippen LogP contribution is -2.40. The fourth-order valence-electron chi connectivity index (χ4n) is 2.92. The van der Waals surface area contributed by atoms with Gasteiger partial charge in [-0.1, -0.05) is 13.8 Å². The van der Waals surface area contributed by atoms with E-state index in [-0.39, 0.29) is 5.56 Å². The lowest BCUT2D eigenvalue weighted by Gasteiger charge is -2.31. The minimum atomic E-state index is -0.737. The van der Waals surface area contributed by atoms with E-state index in [1.54, 1.807) is 6.07 Å². The number of nitrogens with two attached hydrogens (primary N) is 1. The van der Waals surface area contributed by atoms with Gasteiger partial charge in [0.25, 0.3) is 5.91 Å². The Bertz CT molecular complexity index is 496. The summed E-state index contributed by atoms with van der Waals surface area (Å²) >= 11 is 0. The molecule has 21 heavy (non-hydrogen) atoms. The van der Waals surface area contributed by atoms with Gasteiger partial charge in [0.15, 0.2) is 0 Å². The molecule has 0 unspecified atom stereocenters. The van der Waals surface area contributed by atoms with Crippen molar-refractivity contribution >= 4 is 11.6 Å². The van der Waals surface area contributed by atoms with Crippen LogP contribution in [0.3, 0.4) is 0 Å². The summed E-state index contributed by atoms with van der Waals surface area (Å²) in [7, 11) is 0. The molecular formula is C16H24FN3O. The summed E-state index contributed by atoms with van der Waals surface area (Å²) in [6.07, 6.45) is 4.36. The molecule has 2 rings (SSSR count). The van der Waals surface area contributed by atoms with Gasteiger partial charge in [0.2, 0.25) is 0 Å². The lowest BCUT2D eigenvalue weighted by atomic mass is 9.90. The molecule has 0 bridgehead atoms. The predicted octanol–water partition coefficient (Wildman–Crippen LogP) is 2.65. The van der Waals surface area contributed by atoms with Crippen molar-refractivity contribution in [2.45, 2.75) is 57.7 Å². The zero-order chi connectivity index (χ0) is 15.4. The van der Waals surface area contributed by atoms with Gasteiger partial charge in [0.1, 0.15) is 5.82 Å². The maximum atomic E-state index is 13.7. The van der Waals surface area contributed by atoms with Gasteiger partial charge in [0, 0.05) is 23.8 Å². The average Bonchev–Trinajstić information content (AvgIpc) is 2.40. The van der Waals surface area contributed by atoms with Crippen molar-refractivity contribution in [1.29, 1.82) is 0 Å². The molecule has 0 aromatic heterocycles. The van der Waals surface area contributed by atoms with Crippen LogP contribution in [0.25, 0.3) is 0 Å². The monoisotopic (exact) mass is 293 g/mol. The Morgan fingerprint density at radius 1 is 1.24 bits per heavy atom. The first-order chi connectivity index (χ1) is 9.95. The zero-order valence-corrected chi connectivity index (χ0v) is 12.7. The number of benzene rings is 1. The smallest absolute Gasteiger partial charge is 0.251 e. The van der Waals surface area contributed by atoms with Crippen LogP contribution in [0.5, 0.6) is 0 Å². The van der Waals surface area contributed by atoms with E-state index in [9.17, 15) is 9.18 Å². The second kappa shape index (κ2) is 6.89. The Morgan fingerprint density at radius 3 is 2.38 bits per heavy atom. The summed E-state index contributed by atoms with van der Waals surface area (Å²) in [6.45, 7) is 4.32. The summed E-state index contributed by atoms with van der Waals surface area (Å²) < 4.78 is 13.7. The third kappa shape index (κ3) is 4.43. The Balaban J connectivity index is 1.89. The van der Waals surface area contributed by atoms with Gasteiger partial charge in [-0.05, 0) is 43.9 Å². The molecule has 1 aliphatic carbocycles. The van der Waals surface area contributed by atoms with E-state index in [1.165, 1.54) is 12.1 Å². The van der Waals surface area contributed by atoms with Crippen molar-refractivity contribution in [2.75, 3.05) is 5.32 Å². The third-order valence-electron chi connectivity index (χ3n) is 3.90. The molecule has 0 saturated heterocycles. The zero-order valence-electron chi connectivity index (χ0n) is 12.7. The molecule has 0 radical (unpaired) electrons. The number of primary amides is 1. The lowest BCUT2D eigenvalue weighted by molar-refractivity contribution is 0.0996. The van der Waals surface area contributed by atoms with Crippen LogP contribution in [0, 0.1) is 5.82 Å². The molecule has 1 fully saturated rings. The van der Waals surface area contributed by atoms with Crippen molar-refractivity contribution in [3.63, 3.8) is 0 Å².